The molecule has 0 saturated heterocycles. The van der Waals surface area contributed by atoms with Crippen molar-refractivity contribution in [1.82, 2.24) is 15.5 Å². The number of rotatable bonds is 3. The van der Waals surface area contributed by atoms with E-state index in [1.54, 1.807) is 0 Å². The summed E-state index contributed by atoms with van der Waals surface area (Å²) in [4.78, 5) is 4.54. The van der Waals surface area contributed by atoms with E-state index < -0.39 is 0 Å². The van der Waals surface area contributed by atoms with Gasteiger partial charge in [0, 0.05) is 11.5 Å². The highest BCUT2D eigenvalue weighted by Gasteiger charge is 2.20. The van der Waals surface area contributed by atoms with Gasteiger partial charge in [-0.3, -0.25) is 0 Å². The summed E-state index contributed by atoms with van der Waals surface area (Å²) in [6, 6.07) is 0. The largest absolute Gasteiger partial charge is 0.338 e. The molecule has 1 aromatic rings. The molecule has 1 N–H and O–H groups in total. The predicted octanol–water partition coefficient (Wildman–Crippen LogP) is 3.40. The third kappa shape index (κ3) is 4.09. The standard InChI is InChI=1S/C14H25N3O/c1-14(2,3)15-10-12-16-13(17-18-12)11-8-6-4-5-7-9-11/h11,15H,4-10H2,1-3H3. The third-order valence-electron chi connectivity index (χ3n) is 3.47. The Kier molecular flexibility index (Phi) is 4.38. The zero-order chi connectivity index (χ0) is 13.0. The number of nitrogens with one attached hydrogen (secondary N) is 1. The Hall–Kier alpha value is -0.900. The van der Waals surface area contributed by atoms with Crippen LogP contribution in [0.5, 0.6) is 0 Å². The summed E-state index contributed by atoms with van der Waals surface area (Å²) in [6.07, 6.45) is 7.74. The fourth-order valence-electron chi connectivity index (χ4n) is 2.38. The summed E-state index contributed by atoms with van der Waals surface area (Å²) in [5.41, 5.74) is 0.0803. The van der Waals surface area contributed by atoms with Crippen LogP contribution >= 0.6 is 0 Å². The van der Waals surface area contributed by atoms with Crippen LogP contribution < -0.4 is 5.32 Å². The minimum atomic E-state index is 0.0803. The van der Waals surface area contributed by atoms with Crippen LogP contribution in [0.4, 0.5) is 0 Å². The quantitative estimate of drug-likeness (QED) is 0.837. The lowest BCUT2D eigenvalue weighted by Crippen LogP contribution is -2.35. The maximum absolute atomic E-state index is 5.33. The first-order valence-corrected chi connectivity index (χ1v) is 7.12. The predicted molar refractivity (Wildman–Crippen MR) is 71.3 cm³/mol. The molecule has 0 spiro atoms. The second-order valence-electron chi connectivity index (χ2n) is 6.34. The highest BCUT2D eigenvalue weighted by molar-refractivity contribution is 4.96. The van der Waals surface area contributed by atoms with Crippen LogP contribution in [0.25, 0.3) is 0 Å². The summed E-state index contributed by atoms with van der Waals surface area (Å²) in [5, 5.41) is 7.53. The van der Waals surface area contributed by atoms with E-state index in [2.05, 4.69) is 36.2 Å². The Bertz CT molecular complexity index is 359. The first-order chi connectivity index (χ1) is 8.54. The van der Waals surface area contributed by atoms with Crippen LogP contribution in [0.15, 0.2) is 4.52 Å². The Morgan fingerprint density at radius 3 is 2.44 bits per heavy atom. The van der Waals surface area contributed by atoms with E-state index in [0.29, 0.717) is 18.4 Å². The molecule has 4 heteroatoms. The minimum Gasteiger partial charge on any atom is -0.338 e. The Labute approximate surface area is 110 Å². The SMILES string of the molecule is CC(C)(C)NCc1nc(C2CCCCCC2)no1. The first kappa shape index (κ1) is 13.5. The molecule has 0 aliphatic heterocycles. The zero-order valence-electron chi connectivity index (χ0n) is 11.8. The van der Waals surface area contributed by atoms with Gasteiger partial charge in [-0.05, 0) is 33.6 Å². The molecule has 2 rings (SSSR count). The smallest absolute Gasteiger partial charge is 0.240 e. The van der Waals surface area contributed by atoms with E-state index in [4.69, 9.17) is 4.52 Å². The highest BCUT2D eigenvalue weighted by atomic mass is 16.5. The summed E-state index contributed by atoms with van der Waals surface area (Å²) in [5.74, 6) is 2.14. The van der Waals surface area contributed by atoms with Gasteiger partial charge in [0.2, 0.25) is 5.89 Å². The van der Waals surface area contributed by atoms with E-state index in [9.17, 15) is 0 Å². The molecule has 1 aromatic heterocycles. The van der Waals surface area contributed by atoms with E-state index in [1.165, 1.54) is 38.5 Å². The summed E-state index contributed by atoms with van der Waals surface area (Å²) in [7, 11) is 0. The van der Waals surface area contributed by atoms with Gasteiger partial charge in [-0.1, -0.05) is 30.8 Å². The molecule has 0 radical (unpaired) electrons. The van der Waals surface area contributed by atoms with Crippen molar-refractivity contribution in [3.63, 3.8) is 0 Å². The molecule has 0 bridgehead atoms. The van der Waals surface area contributed by atoms with Gasteiger partial charge in [0.15, 0.2) is 5.82 Å². The lowest BCUT2D eigenvalue weighted by Gasteiger charge is -2.18. The van der Waals surface area contributed by atoms with Crippen LogP contribution in [0, 0.1) is 0 Å². The number of hydrogen-bond donors (Lipinski definition) is 1. The second-order valence-corrected chi connectivity index (χ2v) is 6.34. The molecule has 0 atom stereocenters. The summed E-state index contributed by atoms with van der Waals surface area (Å²) in [6.45, 7) is 7.06. The van der Waals surface area contributed by atoms with Crippen molar-refractivity contribution in [2.24, 2.45) is 0 Å². The van der Waals surface area contributed by atoms with Gasteiger partial charge in [0.05, 0.1) is 6.54 Å². The van der Waals surface area contributed by atoms with Gasteiger partial charge in [0.25, 0.3) is 0 Å². The lowest BCUT2D eigenvalue weighted by atomic mass is 10.00. The van der Waals surface area contributed by atoms with Crippen molar-refractivity contribution in [2.75, 3.05) is 0 Å². The van der Waals surface area contributed by atoms with E-state index in [-0.39, 0.29) is 5.54 Å². The highest BCUT2D eigenvalue weighted by Crippen LogP contribution is 2.29. The van der Waals surface area contributed by atoms with E-state index in [0.717, 1.165) is 5.82 Å². The number of hydrogen-bond acceptors (Lipinski definition) is 4. The maximum Gasteiger partial charge on any atom is 0.240 e. The number of aromatic nitrogens is 2. The minimum absolute atomic E-state index is 0.0803. The monoisotopic (exact) mass is 251 g/mol. The molecule has 1 aliphatic rings. The fraction of sp³-hybridized carbons (Fsp3) is 0.857. The number of nitrogens with zero attached hydrogens (tertiary/aromatic N) is 2. The van der Waals surface area contributed by atoms with Gasteiger partial charge >= 0.3 is 0 Å². The first-order valence-electron chi connectivity index (χ1n) is 7.12. The molecule has 1 fully saturated rings. The van der Waals surface area contributed by atoms with E-state index in [1.807, 2.05) is 0 Å². The van der Waals surface area contributed by atoms with Crippen LogP contribution in [0.1, 0.15) is 76.9 Å². The molecular formula is C14H25N3O. The normalized spacial score (nSPS) is 18.8. The molecule has 4 nitrogen and oxygen atoms in total. The third-order valence-corrected chi connectivity index (χ3v) is 3.47. The average Bonchev–Trinajstić information content (AvgIpc) is 2.60. The molecule has 0 unspecified atom stereocenters. The van der Waals surface area contributed by atoms with E-state index >= 15 is 0 Å². The van der Waals surface area contributed by atoms with Crippen LogP contribution in [-0.2, 0) is 6.54 Å². The lowest BCUT2D eigenvalue weighted by molar-refractivity contribution is 0.331. The van der Waals surface area contributed by atoms with Gasteiger partial charge in [-0.15, -0.1) is 0 Å². The van der Waals surface area contributed by atoms with Gasteiger partial charge in [0.1, 0.15) is 0 Å². The van der Waals surface area contributed by atoms with Crippen molar-refractivity contribution in [3.8, 4) is 0 Å². The topological polar surface area (TPSA) is 51.0 Å². The maximum atomic E-state index is 5.33. The summed E-state index contributed by atoms with van der Waals surface area (Å²) < 4.78 is 5.33. The zero-order valence-corrected chi connectivity index (χ0v) is 11.8. The molecule has 0 aromatic carbocycles. The molecule has 102 valence electrons. The molecule has 18 heavy (non-hydrogen) atoms. The van der Waals surface area contributed by atoms with Gasteiger partial charge in [-0.25, -0.2) is 0 Å². The Morgan fingerprint density at radius 1 is 1.17 bits per heavy atom. The average molecular weight is 251 g/mol. The van der Waals surface area contributed by atoms with Crippen LogP contribution in [0.2, 0.25) is 0 Å². The van der Waals surface area contributed by atoms with Crippen LogP contribution in [0.3, 0.4) is 0 Å². The van der Waals surface area contributed by atoms with Crippen molar-refractivity contribution in [2.45, 2.75) is 77.3 Å². The Balaban J connectivity index is 1.92. The van der Waals surface area contributed by atoms with Crippen molar-refractivity contribution in [1.29, 1.82) is 0 Å². The molecule has 1 aliphatic carbocycles. The van der Waals surface area contributed by atoms with Crippen molar-refractivity contribution >= 4 is 0 Å². The molecule has 1 heterocycles. The fourth-order valence-corrected chi connectivity index (χ4v) is 2.38. The van der Waals surface area contributed by atoms with Crippen molar-refractivity contribution in [3.05, 3.63) is 11.7 Å². The molecule has 1 saturated carbocycles. The second kappa shape index (κ2) is 5.83. The van der Waals surface area contributed by atoms with Crippen LogP contribution in [-0.4, -0.2) is 15.7 Å². The Morgan fingerprint density at radius 2 is 1.83 bits per heavy atom. The molecule has 0 amide bonds. The summed E-state index contributed by atoms with van der Waals surface area (Å²) >= 11 is 0. The van der Waals surface area contributed by atoms with Gasteiger partial charge < -0.3 is 9.84 Å². The van der Waals surface area contributed by atoms with Gasteiger partial charge in [-0.2, -0.15) is 4.98 Å². The molecular weight excluding hydrogens is 226 g/mol. The van der Waals surface area contributed by atoms with Crippen molar-refractivity contribution < 1.29 is 4.52 Å².